The van der Waals surface area contributed by atoms with Gasteiger partial charge in [-0.15, -0.1) is 0 Å². The first-order valence-electron chi connectivity index (χ1n) is 11.2. The molecule has 10 nitrogen and oxygen atoms in total. The summed E-state index contributed by atoms with van der Waals surface area (Å²) in [4.78, 5) is 36.6. The number of imidazole rings is 1. The highest BCUT2D eigenvalue weighted by Crippen LogP contribution is 2.34. The minimum Gasteiger partial charge on any atom is -0.450 e. The van der Waals surface area contributed by atoms with Crippen LogP contribution < -0.4 is 10.6 Å². The Hall–Kier alpha value is -4.93. The lowest BCUT2D eigenvalue weighted by molar-refractivity contribution is 0.167. The number of aromatic amines is 1. The average molecular weight is 484 g/mol. The van der Waals surface area contributed by atoms with Gasteiger partial charge >= 0.3 is 6.09 Å². The second-order valence-corrected chi connectivity index (χ2v) is 7.65. The molecule has 0 saturated carbocycles. The third kappa shape index (κ3) is 4.94. The van der Waals surface area contributed by atoms with Crippen molar-refractivity contribution in [3.63, 3.8) is 0 Å². The lowest BCUT2D eigenvalue weighted by atomic mass is 10.0. The Morgan fingerprint density at radius 2 is 1.86 bits per heavy atom. The zero-order valence-corrected chi connectivity index (χ0v) is 19.2. The number of nitrogens with zero attached hydrogens (tertiary/aromatic N) is 5. The molecule has 0 radical (unpaired) electrons. The van der Waals surface area contributed by atoms with Gasteiger partial charge in [0.15, 0.2) is 0 Å². The Balaban J connectivity index is 1.49. The van der Waals surface area contributed by atoms with Crippen molar-refractivity contribution in [3.05, 3.63) is 78.8 Å². The van der Waals surface area contributed by atoms with Gasteiger partial charge in [0.2, 0.25) is 11.9 Å². The molecule has 5 aromatic rings. The predicted octanol–water partition coefficient (Wildman–Crippen LogP) is 4.80. The number of benzene rings is 1. The number of carbonyl (C=O) groups is 1. The summed E-state index contributed by atoms with van der Waals surface area (Å²) >= 11 is 0. The molecule has 180 valence electrons. The molecule has 5 rings (SSSR count). The van der Waals surface area contributed by atoms with E-state index in [1.807, 2.05) is 18.2 Å². The molecule has 0 aliphatic heterocycles. The van der Waals surface area contributed by atoms with Crippen LogP contribution in [-0.4, -0.2) is 42.6 Å². The van der Waals surface area contributed by atoms with Gasteiger partial charge in [-0.05, 0) is 48.9 Å². The molecule has 0 bridgehead atoms. The topological polar surface area (TPSA) is 131 Å². The number of halogens is 1. The molecular weight excluding hydrogens is 463 g/mol. The third-order valence-corrected chi connectivity index (χ3v) is 5.24. The number of ether oxygens (including phenoxy) is 1. The van der Waals surface area contributed by atoms with Gasteiger partial charge in [-0.3, -0.25) is 15.3 Å². The molecule has 0 spiro atoms. The SMILES string of the molecule is CCOC(=O)Nc1nc2cc(-c3cnc(NCc4ccccn4)nc3)cc(-c3ncccc3F)c2[nH]1. The van der Waals surface area contributed by atoms with Gasteiger partial charge < -0.3 is 15.0 Å². The van der Waals surface area contributed by atoms with Crippen LogP contribution in [0.4, 0.5) is 21.1 Å². The second kappa shape index (κ2) is 10.1. The maximum Gasteiger partial charge on any atom is 0.413 e. The number of hydrogen-bond acceptors (Lipinski definition) is 8. The van der Waals surface area contributed by atoms with Crippen molar-refractivity contribution in [3.8, 4) is 22.4 Å². The molecular formula is C25H21FN8O2. The first kappa shape index (κ1) is 22.8. The van der Waals surface area contributed by atoms with Crippen LogP contribution in [0, 0.1) is 5.82 Å². The monoisotopic (exact) mass is 484 g/mol. The van der Waals surface area contributed by atoms with E-state index in [9.17, 15) is 9.18 Å². The Kier molecular flexibility index (Phi) is 6.43. The van der Waals surface area contributed by atoms with Crippen molar-refractivity contribution >= 4 is 29.0 Å². The fourth-order valence-electron chi connectivity index (χ4n) is 3.61. The van der Waals surface area contributed by atoms with E-state index in [0.29, 0.717) is 40.2 Å². The van der Waals surface area contributed by atoms with E-state index in [-0.39, 0.29) is 18.2 Å². The normalized spacial score (nSPS) is 10.8. The molecule has 0 unspecified atom stereocenters. The number of carbonyl (C=O) groups excluding carboxylic acids is 1. The number of H-pyrrole nitrogens is 1. The molecule has 3 N–H and O–H groups in total. The van der Waals surface area contributed by atoms with Gasteiger partial charge in [-0.25, -0.2) is 24.1 Å². The molecule has 0 atom stereocenters. The van der Waals surface area contributed by atoms with Gasteiger partial charge in [0, 0.05) is 35.9 Å². The highest BCUT2D eigenvalue weighted by Gasteiger charge is 2.17. The summed E-state index contributed by atoms with van der Waals surface area (Å²) in [5, 5.41) is 5.67. The molecule has 0 saturated heterocycles. The lowest BCUT2D eigenvalue weighted by Gasteiger charge is -2.09. The fourth-order valence-corrected chi connectivity index (χ4v) is 3.61. The molecule has 0 aliphatic carbocycles. The molecule has 0 aliphatic rings. The summed E-state index contributed by atoms with van der Waals surface area (Å²) < 4.78 is 19.6. The largest absolute Gasteiger partial charge is 0.450 e. The van der Waals surface area contributed by atoms with Gasteiger partial charge in [0.1, 0.15) is 11.5 Å². The Morgan fingerprint density at radius 3 is 2.61 bits per heavy atom. The second-order valence-electron chi connectivity index (χ2n) is 7.65. The minimum atomic E-state index is -0.649. The Morgan fingerprint density at radius 1 is 1.03 bits per heavy atom. The first-order chi connectivity index (χ1) is 17.6. The van der Waals surface area contributed by atoms with Crippen molar-refractivity contribution in [1.29, 1.82) is 0 Å². The molecule has 0 fully saturated rings. The molecule has 4 aromatic heterocycles. The molecule has 4 heterocycles. The quantitative estimate of drug-likeness (QED) is 0.300. The van der Waals surface area contributed by atoms with Crippen molar-refractivity contribution in [2.75, 3.05) is 17.2 Å². The van der Waals surface area contributed by atoms with E-state index in [4.69, 9.17) is 4.74 Å². The molecule has 11 heteroatoms. The zero-order chi connectivity index (χ0) is 24.9. The van der Waals surface area contributed by atoms with Crippen LogP contribution in [0.15, 0.2) is 67.3 Å². The number of aromatic nitrogens is 6. The van der Waals surface area contributed by atoms with Crippen molar-refractivity contribution in [2.45, 2.75) is 13.5 Å². The Bertz CT molecular complexity index is 1510. The van der Waals surface area contributed by atoms with Crippen molar-refractivity contribution in [2.24, 2.45) is 0 Å². The number of hydrogen-bond donors (Lipinski definition) is 3. The molecule has 1 amide bonds. The lowest BCUT2D eigenvalue weighted by Crippen LogP contribution is -2.14. The van der Waals surface area contributed by atoms with E-state index in [1.54, 1.807) is 37.6 Å². The Labute approximate surface area is 205 Å². The van der Waals surface area contributed by atoms with Gasteiger partial charge in [-0.2, -0.15) is 0 Å². The molecule has 36 heavy (non-hydrogen) atoms. The van der Waals surface area contributed by atoms with Gasteiger partial charge in [0.05, 0.1) is 29.9 Å². The fraction of sp³-hybridized carbons (Fsp3) is 0.120. The van der Waals surface area contributed by atoms with E-state index >= 15 is 0 Å². The van der Waals surface area contributed by atoms with Crippen LogP contribution in [0.2, 0.25) is 0 Å². The third-order valence-electron chi connectivity index (χ3n) is 5.24. The van der Waals surface area contributed by atoms with E-state index in [1.165, 1.54) is 18.3 Å². The summed E-state index contributed by atoms with van der Waals surface area (Å²) in [6, 6.07) is 12.1. The maximum absolute atomic E-state index is 14.7. The highest BCUT2D eigenvalue weighted by atomic mass is 19.1. The zero-order valence-electron chi connectivity index (χ0n) is 19.2. The summed E-state index contributed by atoms with van der Waals surface area (Å²) in [5.41, 5.74) is 3.89. The maximum atomic E-state index is 14.7. The number of anilines is 2. The van der Waals surface area contributed by atoms with Crippen LogP contribution in [0.25, 0.3) is 33.4 Å². The number of fused-ring (bicyclic) bond motifs is 1. The summed E-state index contributed by atoms with van der Waals surface area (Å²) in [7, 11) is 0. The van der Waals surface area contributed by atoms with Crippen LogP contribution in [0.3, 0.4) is 0 Å². The molecule has 1 aromatic carbocycles. The highest BCUT2D eigenvalue weighted by molar-refractivity contribution is 5.97. The minimum absolute atomic E-state index is 0.144. The number of rotatable bonds is 7. The number of nitrogens with one attached hydrogen (secondary N) is 3. The van der Waals surface area contributed by atoms with Crippen molar-refractivity contribution < 1.29 is 13.9 Å². The van der Waals surface area contributed by atoms with E-state index < -0.39 is 11.9 Å². The first-order valence-corrected chi connectivity index (χ1v) is 11.2. The average Bonchev–Trinajstić information content (AvgIpc) is 3.30. The van der Waals surface area contributed by atoms with Gasteiger partial charge in [-0.1, -0.05) is 6.07 Å². The standard InChI is InChI=1S/C25H21FN8O2/c1-2-36-25(35)34-24-32-20-11-15(10-18(22(20)33-24)21-19(26)7-5-9-28-21)16-12-29-23(30-13-16)31-14-17-6-3-4-8-27-17/h3-13H,2,14H2,1H3,(H,29,30,31)(H2,32,33,34,35). The smallest absolute Gasteiger partial charge is 0.413 e. The van der Waals surface area contributed by atoms with Gasteiger partial charge in [0.25, 0.3) is 0 Å². The number of amides is 1. The predicted molar refractivity (Wildman–Crippen MR) is 133 cm³/mol. The summed E-state index contributed by atoms with van der Waals surface area (Å²) in [5.74, 6) is 0.126. The summed E-state index contributed by atoms with van der Waals surface area (Å²) in [6.07, 6.45) is 5.91. The number of pyridine rings is 2. The van der Waals surface area contributed by atoms with Crippen LogP contribution >= 0.6 is 0 Å². The van der Waals surface area contributed by atoms with Crippen molar-refractivity contribution in [1.82, 2.24) is 29.9 Å². The summed E-state index contributed by atoms with van der Waals surface area (Å²) in [6.45, 7) is 2.40. The van der Waals surface area contributed by atoms with Crippen LogP contribution in [-0.2, 0) is 11.3 Å². The van der Waals surface area contributed by atoms with Crippen LogP contribution in [0.5, 0.6) is 0 Å². The van der Waals surface area contributed by atoms with Crippen LogP contribution in [0.1, 0.15) is 12.6 Å². The van der Waals surface area contributed by atoms with E-state index in [2.05, 4.69) is 40.5 Å². The van der Waals surface area contributed by atoms with E-state index in [0.717, 1.165) is 5.69 Å².